The summed E-state index contributed by atoms with van der Waals surface area (Å²) < 4.78 is 5.33. The van der Waals surface area contributed by atoms with E-state index in [0.29, 0.717) is 23.7 Å². The highest BCUT2D eigenvalue weighted by Gasteiger charge is 2.35. The van der Waals surface area contributed by atoms with E-state index in [0.717, 1.165) is 49.5 Å². The zero-order valence-electron chi connectivity index (χ0n) is 15.1. The zero-order valence-corrected chi connectivity index (χ0v) is 15.1. The first-order valence-electron chi connectivity index (χ1n) is 9.61. The van der Waals surface area contributed by atoms with Gasteiger partial charge in [0.05, 0.1) is 0 Å². The van der Waals surface area contributed by atoms with Gasteiger partial charge in [0, 0.05) is 42.7 Å². The average Bonchev–Trinajstić information content (AvgIpc) is 3.45. The molecule has 4 fully saturated rings. The Kier molecular flexibility index (Phi) is 3.81. The van der Waals surface area contributed by atoms with Gasteiger partial charge in [0.2, 0.25) is 11.7 Å². The van der Waals surface area contributed by atoms with Crippen molar-refractivity contribution in [3.63, 3.8) is 0 Å². The summed E-state index contributed by atoms with van der Waals surface area (Å²) in [5.41, 5.74) is 1.64. The highest BCUT2D eigenvalue weighted by Crippen LogP contribution is 2.39. The van der Waals surface area contributed by atoms with E-state index in [1.165, 1.54) is 12.8 Å². The molecule has 0 spiro atoms. The molecule has 6 heteroatoms. The molecule has 4 aliphatic rings. The normalized spacial score (nSPS) is 26.1. The molecular formula is C20H24N4O2. The van der Waals surface area contributed by atoms with Gasteiger partial charge < -0.3 is 14.3 Å². The van der Waals surface area contributed by atoms with Crippen LogP contribution in [0.3, 0.4) is 0 Å². The summed E-state index contributed by atoms with van der Waals surface area (Å²) in [5, 5.41) is 4.07. The molecule has 4 heterocycles. The molecular weight excluding hydrogens is 328 g/mol. The molecule has 6 nitrogen and oxygen atoms in total. The minimum Gasteiger partial charge on any atom is -0.339 e. The lowest BCUT2D eigenvalue weighted by molar-refractivity contribution is 0.0742. The van der Waals surface area contributed by atoms with Crippen LogP contribution in [0.15, 0.2) is 28.8 Å². The lowest BCUT2D eigenvalue weighted by Crippen LogP contribution is -2.41. The molecule has 2 aromatic rings. The van der Waals surface area contributed by atoms with Crippen molar-refractivity contribution in [1.82, 2.24) is 19.9 Å². The summed E-state index contributed by atoms with van der Waals surface area (Å²) in [4.78, 5) is 21.9. The van der Waals surface area contributed by atoms with Gasteiger partial charge in [-0.05, 0) is 50.8 Å². The molecule has 1 aliphatic carbocycles. The second-order valence-corrected chi connectivity index (χ2v) is 8.05. The smallest absolute Gasteiger partial charge is 0.253 e. The van der Waals surface area contributed by atoms with Crippen molar-refractivity contribution in [2.24, 2.45) is 5.92 Å². The van der Waals surface area contributed by atoms with E-state index in [4.69, 9.17) is 4.52 Å². The van der Waals surface area contributed by atoms with Crippen molar-refractivity contribution in [1.29, 1.82) is 0 Å². The summed E-state index contributed by atoms with van der Waals surface area (Å²) in [6, 6.07) is 8.13. The van der Waals surface area contributed by atoms with E-state index < -0.39 is 0 Å². The zero-order chi connectivity index (χ0) is 17.7. The number of hydrogen-bond acceptors (Lipinski definition) is 5. The van der Waals surface area contributed by atoms with Crippen LogP contribution in [0.2, 0.25) is 0 Å². The fraction of sp³-hybridized carbons (Fsp3) is 0.550. The third-order valence-corrected chi connectivity index (χ3v) is 6.03. The molecule has 1 aromatic heterocycles. The highest BCUT2D eigenvalue weighted by atomic mass is 16.5. The van der Waals surface area contributed by atoms with Crippen molar-refractivity contribution in [2.45, 2.75) is 37.6 Å². The van der Waals surface area contributed by atoms with Crippen molar-refractivity contribution in [3.8, 4) is 11.4 Å². The van der Waals surface area contributed by atoms with Gasteiger partial charge in [-0.2, -0.15) is 4.98 Å². The van der Waals surface area contributed by atoms with Crippen molar-refractivity contribution < 1.29 is 9.32 Å². The number of carbonyl (C=O) groups is 1. The molecule has 26 heavy (non-hydrogen) atoms. The lowest BCUT2D eigenvalue weighted by Gasteiger charge is -2.32. The first kappa shape index (κ1) is 16.0. The van der Waals surface area contributed by atoms with Crippen LogP contribution in [0, 0.1) is 5.92 Å². The summed E-state index contributed by atoms with van der Waals surface area (Å²) in [5.74, 6) is 2.54. The second kappa shape index (κ2) is 6.20. The number of hydrogen-bond donors (Lipinski definition) is 0. The summed E-state index contributed by atoms with van der Waals surface area (Å²) >= 11 is 0. The Morgan fingerprint density at radius 3 is 2.62 bits per heavy atom. The number of nitrogens with zero attached hydrogens (tertiary/aromatic N) is 4. The van der Waals surface area contributed by atoms with E-state index in [9.17, 15) is 4.79 Å². The third kappa shape index (κ3) is 2.92. The van der Waals surface area contributed by atoms with Gasteiger partial charge >= 0.3 is 0 Å². The second-order valence-electron chi connectivity index (χ2n) is 8.05. The maximum atomic E-state index is 13.0. The fourth-order valence-corrected chi connectivity index (χ4v) is 4.28. The third-order valence-electron chi connectivity index (χ3n) is 6.03. The van der Waals surface area contributed by atoms with E-state index in [-0.39, 0.29) is 5.91 Å². The molecule has 0 N–H and O–H groups in total. The molecule has 136 valence electrons. The molecule has 1 aromatic carbocycles. The number of aromatic nitrogens is 2. The number of carbonyl (C=O) groups excluding carboxylic acids is 1. The molecule has 3 saturated heterocycles. The molecule has 3 aliphatic heterocycles. The summed E-state index contributed by atoms with van der Waals surface area (Å²) in [6.45, 7) is 2.81. The van der Waals surface area contributed by atoms with Crippen LogP contribution in [-0.4, -0.2) is 58.6 Å². The number of piperidine rings is 1. The van der Waals surface area contributed by atoms with Crippen LogP contribution in [0.4, 0.5) is 0 Å². The Morgan fingerprint density at radius 2 is 1.88 bits per heavy atom. The van der Waals surface area contributed by atoms with Crippen LogP contribution in [0.5, 0.6) is 0 Å². The quantitative estimate of drug-likeness (QED) is 0.850. The Hall–Kier alpha value is -2.21. The molecule has 2 bridgehead atoms. The highest BCUT2D eigenvalue weighted by molar-refractivity contribution is 5.94. The van der Waals surface area contributed by atoms with Gasteiger partial charge in [0.25, 0.3) is 5.91 Å². The number of benzene rings is 1. The van der Waals surface area contributed by atoms with Crippen molar-refractivity contribution in [2.75, 3.05) is 26.7 Å². The van der Waals surface area contributed by atoms with E-state index in [1.807, 2.05) is 29.2 Å². The monoisotopic (exact) mass is 352 g/mol. The minimum atomic E-state index is 0.135. The van der Waals surface area contributed by atoms with Crippen molar-refractivity contribution >= 4 is 5.91 Å². The first-order chi connectivity index (χ1) is 12.7. The predicted octanol–water partition coefficient (Wildman–Crippen LogP) is 2.78. The standard InChI is InChI=1S/C20H24N4O2/c1-23-10-13-2-9-17(23)12-24(11-13)20(25)16-7-3-14(4-8-16)18-21-19(26-22-18)15-5-6-15/h3-4,7-8,13,15,17H,2,5-6,9-12H2,1H3/t13-,17-/m1/s1. The van der Waals surface area contributed by atoms with E-state index in [1.54, 1.807) is 0 Å². The number of fused-ring (bicyclic) bond motifs is 4. The maximum absolute atomic E-state index is 13.0. The number of amides is 1. The van der Waals surface area contributed by atoms with Gasteiger partial charge in [-0.15, -0.1) is 0 Å². The van der Waals surface area contributed by atoms with Crippen LogP contribution < -0.4 is 0 Å². The van der Waals surface area contributed by atoms with E-state index in [2.05, 4.69) is 22.1 Å². The minimum absolute atomic E-state index is 0.135. The van der Waals surface area contributed by atoms with Crippen LogP contribution in [0.1, 0.15) is 47.8 Å². The molecule has 6 rings (SSSR count). The Bertz CT molecular complexity index is 811. The summed E-state index contributed by atoms with van der Waals surface area (Å²) in [7, 11) is 2.18. The van der Waals surface area contributed by atoms with Crippen LogP contribution in [0.25, 0.3) is 11.4 Å². The van der Waals surface area contributed by atoms with Gasteiger partial charge in [-0.1, -0.05) is 17.3 Å². The molecule has 0 radical (unpaired) electrons. The van der Waals surface area contributed by atoms with Gasteiger partial charge in [0.1, 0.15) is 0 Å². The van der Waals surface area contributed by atoms with Crippen molar-refractivity contribution in [3.05, 3.63) is 35.7 Å². The SMILES string of the molecule is CN1C[C@H]2CC[C@@H]1CN(C(=O)c1ccc(-c3noc(C4CC4)n3)cc1)C2. The molecule has 2 atom stereocenters. The first-order valence-corrected chi connectivity index (χ1v) is 9.61. The number of rotatable bonds is 3. The van der Waals surface area contributed by atoms with E-state index >= 15 is 0 Å². The van der Waals surface area contributed by atoms with Gasteiger partial charge in [-0.3, -0.25) is 4.79 Å². The Labute approximate surface area is 153 Å². The number of likely N-dealkylation sites (N-methyl/N-ethyl adjacent to an activating group) is 1. The molecule has 1 amide bonds. The lowest BCUT2D eigenvalue weighted by atomic mass is 9.96. The van der Waals surface area contributed by atoms with Gasteiger partial charge in [-0.25, -0.2) is 0 Å². The molecule has 0 unspecified atom stereocenters. The average molecular weight is 352 g/mol. The topological polar surface area (TPSA) is 62.5 Å². The predicted molar refractivity (Wildman–Crippen MR) is 96.8 cm³/mol. The largest absolute Gasteiger partial charge is 0.339 e. The van der Waals surface area contributed by atoms with Crippen LogP contribution in [-0.2, 0) is 0 Å². The summed E-state index contributed by atoms with van der Waals surface area (Å²) in [6.07, 6.45) is 4.72. The maximum Gasteiger partial charge on any atom is 0.253 e. The fourth-order valence-electron chi connectivity index (χ4n) is 4.28. The van der Waals surface area contributed by atoms with Gasteiger partial charge in [0.15, 0.2) is 0 Å². The Balaban J connectivity index is 1.32. The van der Waals surface area contributed by atoms with Crippen LogP contribution >= 0.6 is 0 Å². The molecule has 1 saturated carbocycles. The Morgan fingerprint density at radius 1 is 1.08 bits per heavy atom.